The Labute approximate surface area is 163 Å². The molecule has 7 heteroatoms. The van der Waals surface area contributed by atoms with Crippen LogP contribution in [0.3, 0.4) is 0 Å². The number of aromatic nitrogens is 4. The molecular weight excluding hydrogens is 358 g/mol. The van der Waals surface area contributed by atoms with Crippen LogP contribution in [0.25, 0.3) is 5.78 Å². The van der Waals surface area contributed by atoms with Gasteiger partial charge >= 0.3 is 0 Å². The van der Waals surface area contributed by atoms with Gasteiger partial charge in [-0.25, -0.2) is 9.50 Å². The van der Waals surface area contributed by atoms with Crippen LogP contribution < -0.4 is 5.32 Å². The first-order valence-electron chi connectivity index (χ1n) is 9.18. The summed E-state index contributed by atoms with van der Waals surface area (Å²) in [4.78, 5) is 21.4. The number of carbonyl (C=O) groups excluding carboxylic acids is 1. The van der Waals surface area contributed by atoms with Crippen molar-refractivity contribution in [1.29, 1.82) is 0 Å². The molecule has 1 amide bonds. The molecule has 2 heterocycles. The van der Waals surface area contributed by atoms with Crippen molar-refractivity contribution in [2.75, 3.05) is 6.54 Å². The third-order valence-electron chi connectivity index (χ3n) is 4.54. The van der Waals surface area contributed by atoms with E-state index in [2.05, 4.69) is 39.4 Å². The van der Waals surface area contributed by atoms with E-state index in [-0.39, 0.29) is 11.2 Å². The van der Waals surface area contributed by atoms with Crippen LogP contribution in [-0.2, 0) is 4.79 Å². The maximum absolute atomic E-state index is 12.5. The van der Waals surface area contributed by atoms with E-state index in [1.54, 1.807) is 4.52 Å². The number of fused-ring (bicyclic) bond motifs is 1. The van der Waals surface area contributed by atoms with Gasteiger partial charge in [0.25, 0.3) is 5.78 Å². The zero-order chi connectivity index (χ0) is 19.4. The standard InChI is InChI=1S/C20H25N5OS/c1-5-16(17-9-7-6-8-10-17)12-21-18(26)15(4)27-20-23-19-22-13(2)11-14(3)25(19)24-20/h6-11,15-16H,5,12H2,1-4H3,(H,21,26)/t15-,16-/m0/s1. The van der Waals surface area contributed by atoms with Crippen molar-refractivity contribution in [3.63, 3.8) is 0 Å². The Hall–Kier alpha value is -2.41. The highest BCUT2D eigenvalue weighted by Gasteiger charge is 2.19. The summed E-state index contributed by atoms with van der Waals surface area (Å²) in [5.74, 6) is 0.877. The summed E-state index contributed by atoms with van der Waals surface area (Å²) in [6.45, 7) is 8.54. The van der Waals surface area contributed by atoms with Crippen LogP contribution in [0.5, 0.6) is 0 Å². The quantitative estimate of drug-likeness (QED) is 0.632. The molecule has 0 unspecified atom stereocenters. The van der Waals surface area contributed by atoms with Crippen LogP contribution in [0.2, 0.25) is 0 Å². The van der Waals surface area contributed by atoms with Gasteiger partial charge in [0.1, 0.15) is 0 Å². The number of nitrogens with zero attached hydrogens (tertiary/aromatic N) is 4. The fraction of sp³-hybridized carbons (Fsp3) is 0.400. The largest absolute Gasteiger partial charge is 0.355 e. The molecule has 27 heavy (non-hydrogen) atoms. The fourth-order valence-electron chi connectivity index (χ4n) is 3.00. The first kappa shape index (κ1) is 19.4. The van der Waals surface area contributed by atoms with Gasteiger partial charge in [0, 0.05) is 23.9 Å². The molecule has 0 bridgehead atoms. The van der Waals surface area contributed by atoms with E-state index in [0.29, 0.717) is 23.4 Å². The molecule has 2 atom stereocenters. The van der Waals surface area contributed by atoms with Crippen LogP contribution in [0.4, 0.5) is 0 Å². The van der Waals surface area contributed by atoms with Crippen molar-refractivity contribution < 1.29 is 4.79 Å². The highest BCUT2D eigenvalue weighted by molar-refractivity contribution is 8.00. The monoisotopic (exact) mass is 383 g/mol. The van der Waals surface area contributed by atoms with E-state index < -0.39 is 0 Å². The molecule has 1 aromatic carbocycles. The first-order valence-corrected chi connectivity index (χ1v) is 10.1. The summed E-state index contributed by atoms with van der Waals surface area (Å²) >= 11 is 1.35. The van der Waals surface area contributed by atoms with E-state index >= 15 is 0 Å². The summed E-state index contributed by atoms with van der Waals surface area (Å²) < 4.78 is 1.71. The van der Waals surface area contributed by atoms with Gasteiger partial charge in [0.2, 0.25) is 11.1 Å². The van der Waals surface area contributed by atoms with Crippen molar-refractivity contribution in [1.82, 2.24) is 24.9 Å². The lowest BCUT2D eigenvalue weighted by molar-refractivity contribution is -0.120. The van der Waals surface area contributed by atoms with E-state index in [9.17, 15) is 4.79 Å². The van der Waals surface area contributed by atoms with Crippen LogP contribution in [0.1, 0.15) is 43.1 Å². The van der Waals surface area contributed by atoms with Crippen molar-refractivity contribution in [2.24, 2.45) is 0 Å². The molecule has 0 aliphatic rings. The predicted octanol–water partition coefficient (Wildman–Crippen LogP) is 3.53. The smallest absolute Gasteiger partial charge is 0.253 e. The van der Waals surface area contributed by atoms with E-state index in [0.717, 1.165) is 17.8 Å². The zero-order valence-corrected chi connectivity index (χ0v) is 17.0. The van der Waals surface area contributed by atoms with Gasteiger partial charge in [-0.1, -0.05) is 49.0 Å². The number of carbonyl (C=O) groups is 1. The summed E-state index contributed by atoms with van der Waals surface area (Å²) in [6.07, 6.45) is 0.976. The Kier molecular flexibility index (Phi) is 6.11. The average molecular weight is 384 g/mol. The zero-order valence-electron chi connectivity index (χ0n) is 16.1. The lowest BCUT2D eigenvalue weighted by Crippen LogP contribution is -2.34. The normalized spacial score (nSPS) is 13.5. The molecule has 0 fully saturated rings. The molecule has 0 saturated heterocycles. The number of rotatable bonds is 7. The molecule has 3 rings (SSSR count). The number of amides is 1. The third kappa shape index (κ3) is 4.66. The second-order valence-electron chi connectivity index (χ2n) is 6.67. The van der Waals surface area contributed by atoms with E-state index in [4.69, 9.17) is 0 Å². The summed E-state index contributed by atoms with van der Waals surface area (Å²) in [5.41, 5.74) is 3.13. The Morgan fingerprint density at radius 2 is 1.96 bits per heavy atom. The SMILES string of the molecule is CC[C@@H](CNC(=O)[C@H](C)Sc1nc2nc(C)cc(C)n2n1)c1ccccc1. The number of aryl methyl sites for hydroxylation is 2. The maximum atomic E-state index is 12.5. The Balaban J connectivity index is 1.61. The Morgan fingerprint density at radius 3 is 2.67 bits per heavy atom. The van der Waals surface area contributed by atoms with Gasteiger partial charge < -0.3 is 5.32 Å². The van der Waals surface area contributed by atoms with Crippen LogP contribution in [0, 0.1) is 13.8 Å². The van der Waals surface area contributed by atoms with Crippen molar-refractivity contribution in [3.8, 4) is 0 Å². The van der Waals surface area contributed by atoms with E-state index in [1.807, 2.05) is 45.0 Å². The van der Waals surface area contributed by atoms with Crippen molar-refractivity contribution in [2.45, 2.75) is 50.4 Å². The van der Waals surface area contributed by atoms with E-state index in [1.165, 1.54) is 17.3 Å². The lowest BCUT2D eigenvalue weighted by Gasteiger charge is -2.17. The van der Waals surface area contributed by atoms with Gasteiger partial charge in [-0.05, 0) is 38.8 Å². The fourth-order valence-corrected chi connectivity index (χ4v) is 3.77. The minimum Gasteiger partial charge on any atom is -0.355 e. The molecule has 3 aromatic rings. The molecule has 0 radical (unpaired) electrons. The number of benzene rings is 1. The molecule has 0 aliphatic heterocycles. The summed E-state index contributed by atoms with van der Waals surface area (Å²) in [7, 11) is 0. The molecule has 6 nitrogen and oxygen atoms in total. The van der Waals surface area contributed by atoms with Crippen molar-refractivity contribution >= 4 is 23.4 Å². The minimum atomic E-state index is -0.280. The maximum Gasteiger partial charge on any atom is 0.253 e. The number of thioether (sulfide) groups is 1. The van der Waals surface area contributed by atoms with Crippen LogP contribution in [-0.4, -0.2) is 37.3 Å². The Bertz CT molecular complexity index is 925. The molecule has 0 aliphatic carbocycles. The highest BCUT2D eigenvalue weighted by atomic mass is 32.2. The Morgan fingerprint density at radius 1 is 1.22 bits per heavy atom. The van der Waals surface area contributed by atoms with Crippen LogP contribution >= 0.6 is 11.8 Å². The van der Waals surface area contributed by atoms with Crippen molar-refractivity contribution in [3.05, 3.63) is 53.3 Å². The molecule has 2 aromatic heterocycles. The van der Waals surface area contributed by atoms with Gasteiger partial charge in [-0.3, -0.25) is 4.79 Å². The van der Waals surface area contributed by atoms with Gasteiger partial charge in [-0.2, -0.15) is 4.98 Å². The number of nitrogens with one attached hydrogen (secondary N) is 1. The molecule has 0 spiro atoms. The summed E-state index contributed by atoms with van der Waals surface area (Å²) in [5, 5.41) is 7.81. The average Bonchev–Trinajstić information content (AvgIpc) is 3.05. The second-order valence-corrected chi connectivity index (χ2v) is 7.97. The lowest BCUT2D eigenvalue weighted by atomic mass is 9.96. The molecule has 1 N–H and O–H groups in total. The topological polar surface area (TPSA) is 72.2 Å². The van der Waals surface area contributed by atoms with Crippen LogP contribution in [0.15, 0.2) is 41.6 Å². The van der Waals surface area contributed by atoms with Gasteiger partial charge in [0.05, 0.1) is 5.25 Å². The van der Waals surface area contributed by atoms with Gasteiger partial charge in [0.15, 0.2) is 0 Å². The second kappa shape index (κ2) is 8.52. The minimum absolute atomic E-state index is 0.00546. The number of hydrogen-bond donors (Lipinski definition) is 1. The number of hydrogen-bond acceptors (Lipinski definition) is 5. The summed E-state index contributed by atoms with van der Waals surface area (Å²) in [6, 6.07) is 12.2. The molecule has 0 saturated carbocycles. The molecular formula is C20H25N5OS. The van der Waals surface area contributed by atoms with Gasteiger partial charge in [-0.15, -0.1) is 5.10 Å². The third-order valence-corrected chi connectivity index (χ3v) is 5.49. The predicted molar refractivity (Wildman–Crippen MR) is 108 cm³/mol. The first-order chi connectivity index (χ1) is 13.0. The highest BCUT2D eigenvalue weighted by Crippen LogP contribution is 2.22. The molecule has 142 valence electrons.